The van der Waals surface area contributed by atoms with Crippen molar-refractivity contribution in [3.63, 3.8) is 0 Å². The largest absolute Gasteiger partial charge is 0.340 e. The monoisotopic (exact) mass is 338 g/mol. The summed E-state index contributed by atoms with van der Waals surface area (Å²) in [5.41, 5.74) is 3.71. The van der Waals surface area contributed by atoms with Crippen LogP contribution in [0, 0.1) is 11.3 Å². The minimum absolute atomic E-state index is 0.322. The Morgan fingerprint density at radius 3 is 2.54 bits per heavy atom. The van der Waals surface area contributed by atoms with Gasteiger partial charge in [0.15, 0.2) is 11.7 Å². The number of hydrogen-bond donors (Lipinski definition) is 1. The van der Waals surface area contributed by atoms with Crippen LogP contribution in [0.5, 0.6) is 0 Å². The second kappa shape index (κ2) is 6.61. The van der Waals surface area contributed by atoms with E-state index in [4.69, 9.17) is 0 Å². The van der Waals surface area contributed by atoms with E-state index in [0.29, 0.717) is 11.4 Å². The summed E-state index contributed by atoms with van der Waals surface area (Å²) < 4.78 is 0. The molecule has 2 aromatic heterocycles. The van der Waals surface area contributed by atoms with Crippen molar-refractivity contribution in [3.05, 3.63) is 84.4 Å². The summed E-state index contributed by atoms with van der Waals surface area (Å²) in [6, 6.07) is 21.0. The summed E-state index contributed by atoms with van der Waals surface area (Å²) >= 11 is 0. The number of ketones is 1. The van der Waals surface area contributed by atoms with Crippen molar-refractivity contribution in [3.8, 4) is 17.2 Å². The van der Waals surface area contributed by atoms with E-state index in [-0.39, 0.29) is 5.78 Å². The molecule has 1 N–H and O–H groups in total. The Morgan fingerprint density at radius 2 is 1.77 bits per heavy atom. The minimum Gasteiger partial charge on any atom is -0.340 e. The molecule has 0 fully saturated rings. The first kappa shape index (κ1) is 15.7. The fourth-order valence-corrected chi connectivity index (χ4v) is 2.88. The predicted molar refractivity (Wildman–Crippen MR) is 98.5 cm³/mol. The highest BCUT2D eigenvalue weighted by Gasteiger charge is 2.25. The second-order valence-corrected chi connectivity index (χ2v) is 5.89. The topological polar surface area (TPSA) is 82.4 Å². The zero-order chi connectivity index (χ0) is 17.9. The molecule has 0 radical (unpaired) electrons. The van der Waals surface area contributed by atoms with Gasteiger partial charge in [0, 0.05) is 23.5 Å². The first-order valence-corrected chi connectivity index (χ1v) is 8.15. The first-order chi connectivity index (χ1) is 12.8. The Morgan fingerprint density at radius 1 is 1.00 bits per heavy atom. The number of pyridine rings is 1. The van der Waals surface area contributed by atoms with Gasteiger partial charge >= 0.3 is 0 Å². The maximum Gasteiger partial charge on any atom is 0.189 e. The van der Waals surface area contributed by atoms with Gasteiger partial charge in [-0.2, -0.15) is 5.26 Å². The lowest BCUT2D eigenvalue weighted by Crippen LogP contribution is -2.13. The van der Waals surface area contributed by atoms with Crippen molar-refractivity contribution in [2.75, 3.05) is 0 Å². The molecule has 0 saturated carbocycles. The van der Waals surface area contributed by atoms with Crippen LogP contribution in [0.15, 0.2) is 73.1 Å². The maximum absolute atomic E-state index is 12.9. The number of imidazole rings is 1. The Hall–Kier alpha value is -3.78. The van der Waals surface area contributed by atoms with E-state index in [9.17, 15) is 10.1 Å². The number of carbonyl (C=O) groups excluding carboxylic acids is 1. The number of carbonyl (C=O) groups is 1. The normalized spacial score (nSPS) is 11.8. The Labute approximate surface area is 150 Å². The summed E-state index contributed by atoms with van der Waals surface area (Å²) in [4.78, 5) is 24.5. The SMILES string of the molecule is N#CC(C(=O)c1cncc(-c2ccccc2)c1)c1nc2ccccc2[nH]1. The van der Waals surface area contributed by atoms with Gasteiger partial charge in [-0.15, -0.1) is 0 Å². The Kier molecular flexibility index (Phi) is 4.00. The van der Waals surface area contributed by atoms with Crippen LogP contribution in [0.25, 0.3) is 22.2 Å². The third kappa shape index (κ3) is 2.85. The number of Topliss-reactive ketones (excluding diaryl/α,β-unsaturated/α-hetero) is 1. The lowest BCUT2D eigenvalue weighted by molar-refractivity contribution is 0.0976. The highest BCUT2D eigenvalue weighted by molar-refractivity contribution is 6.03. The molecule has 2 heterocycles. The van der Waals surface area contributed by atoms with E-state index in [1.54, 1.807) is 12.3 Å². The number of rotatable bonds is 4. The van der Waals surface area contributed by atoms with Crippen LogP contribution in [0.1, 0.15) is 22.1 Å². The molecule has 0 aliphatic rings. The molecule has 5 nitrogen and oxygen atoms in total. The van der Waals surface area contributed by atoms with Crippen molar-refractivity contribution in [2.24, 2.45) is 0 Å². The van der Waals surface area contributed by atoms with Crippen LogP contribution in [0.4, 0.5) is 0 Å². The van der Waals surface area contributed by atoms with Gasteiger partial charge < -0.3 is 4.98 Å². The zero-order valence-electron chi connectivity index (χ0n) is 13.8. The number of aromatic amines is 1. The van der Waals surface area contributed by atoms with Gasteiger partial charge in [-0.1, -0.05) is 42.5 Å². The number of fused-ring (bicyclic) bond motifs is 1. The van der Waals surface area contributed by atoms with Crippen molar-refractivity contribution in [2.45, 2.75) is 5.92 Å². The average molecular weight is 338 g/mol. The minimum atomic E-state index is -1.00. The zero-order valence-corrected chi connectivity index (χ0v) is 13.8. The van der Waals surface area contributed by atoms with Gasteiger partial charge in [-0.05, 0) is 23.8 Å². The maximum atomic E-state index is 12.9. The van der Waals surface area contributed by atoms with Gasteiger partial charge in [0.25, 0.3) is 0 Å². The molecule has 0 saturated heterocycles. The van der Waals surface area contributed by atoms with Crippen LogP contribution in [-0.2, 0) is 0 Å². The highest BCUT2D eigenvalue weighted by atomic mass is 16.1. The van der Waals surface area contributed by atoms with Crippen LogP contribution in [0.2, 0.25) is 0 Å². The van der Waals surface area contributed by atoms with E-state index < -0.39 is 5.92 Å². The van der Waals surface area contributed by atoms with E-state index in [0.717, 1.165) is 22.2 Å². The van der Waals surface area contributed by atoms with Crippen molar-refractivity contribution in [1.82, 2.24) is 15.0 Å². The molecule has 0 bridgehead atoms. The Bertz CT molecular complexity index is 1090. The second-order valence-electron chi connectivity index (χ2n) is 5.89. The van der Waals surface area contributed by atoms with Crippen molar-refractivity contribution < 1.29 is 4.79 Å². The molecule has 0 spiro atoms. The van der Waals surface area contributed by atoms with Crippen LogP contribution < -0.4 is 0 Å². The summed E-state index contributed by atoms with van der Waals surface area (Å²) in [6.07, 6.45) is 3.19. The highest BCUT2D eigenvalue weighted by Crippen LogP contribution is 2.24. The summed E-state index contributed by atoms with van der Waals surface area (Å²) in [5, 5.41) is 9.57. The standard InChI is InChI=1S/C21H14N4O/c22-11-17(21-24-18-8-4-5-9-19(18)25-21)20(26)16-10-15(12-23-13-16)14-6-2-1-3-7-14/h1-10,12-13,17H,(H,24,25). The number of nitrogens with zero attached hydrogens (tertiary/aromatic N) is 3. The molecular formula is C21H14N4O. The van der Waals surface area contributed by atoms with Crippen molar-refractivity contribution in [1.29, 1.82) is 5.26 Å². The molecule has 0 amide bonds. The molecule has 0 aliphatic heterocycles. The number of aromatic nitrogens is 3. The first-order valence-electron chi connectivity index (χ1n) is 8.15. The van der Waals surface area contributed by atoms with Gasteiger partial charge in [0.2, 0.25) is 0 Å². The average Bonchev–Trinajstić information content (AvgIpc) is 3.13. The van der Waals surface area contributed by atoms with Gasteiger partial charge in [-0.25, -0.2) is 4.98 Å². The van der Waals surface area contributed by atoms with E-state index >= 15 is 0 Å². The fraction of sp³-hybridized carbons (Fsp3) is 0.0476. The molecule has 1 unspecified atom stereocenters. The molecule has 2 aromatic carbocycles. The molecule has 0 aliphatic carbocycles. The smallest absolute Gasteiger partial charge is 0.189 e. The number of nitriles is 1. The molecule has 4 aromatic rings. The van der Waals surface area contributed by atoms with Gasteiger partial charge in [0.1, 0.15) is 5.82 Å². The van der Waals surface area contributed by atoms with E-state index in [2.05, 4.69) is 21.0 Å². The number of para-hydroxylation sites is 2. The van der Waals surface area contributed by atoms with E-state index in [1.807, 2.05) is 54.6 Å². The van der Waals surface area contributed by atoms with Gasteiger partial charge in [0.05, 0.1) is 17.1 Å². The number of benzene rings is 2. The predicted octanol–water partition coefficient (Wildman–Crippen LogP) is 4.11. The number of nitrogens with one attached hydrogen (secondary N) is 1. The summed E-state index contributed by atoms with van der Waals surface area (Å²) in [6.45, 7) is 0. The third-order valence-electron chi connectivity index (χ3n) is 4.20. The molecule has 26 heavy (non-hydrogen) atoms. The van der Waals surface area contributed by atoms with Crippen LogP contribution in [-0.4, -0.2) is 20.7 Å². The summed E-state index contributed by atoms with van der Waals surface area (Å²) in [5.74, 6) is -0.976. The van der Waals surface area contributed by atoms with Crippen LogP contribution >= 0.6 is 0 Å². The number of hydrogen-bond acceptors (Lipinski definition) is 4. The third-order valence-corrected chi connectivity index (χ3v) is 4.20. The van der Waals surface area contributed by atoms with Gasteiger partial charge in [-0.3, -0.25) is 9.78 Å². The molecule has 4 rings (SSSR count). The quantitative estimate of drug-likeness (QED) is 0.568. The summed E-state index contributed by atoms with van der Waals surface area (Å²) in [7, 11) is 0. The Balaban J connectivity index is 1.71. The molecule has 124 valence electrons. The number of H-pyrrole nitrogens is 1. The fourth-order valence-electron chi connectivity index (χ4n) is 2.88. The van der Waals surface area contributed by atoms with E-state index in [1.165, 1.54) is 6.20 Å². The van der Waals surface area contributed by atoms with Crippen molar-refractivity contribution >= 4 is 16.8 Å². The molecular weight excluding hydrogens is 324 g/mol. The van der Waals surface area contributed by atoms with Crippen LogP contribution in [0.3, 0.4) is 0 Å². The molecule has 1 atom stereocenters. The lowest BCUT2D eigenvalue weighted by atomic mass is 9.97. The molecule has 5 heteroatoms. The lowest BCUT2D eigenvalue weighted by Gasteiger charge is -2.07.